The first-order valence-electron chi connectivity index (χ1n) is 12.3. The highest BCUT2D eigenvalue weighted by Gasteiger charge is 2.52. The highest BCUT2D eigenvalue weighted by atomic mass is 16.7. The number of fused-ring (bicyclic) bond motifs is 1. The van der Waals surface area contributed by atoms with E-state index in [1.807, 2.05) is 98.0 Å². The van der Waals surface area contributed by atoms with Crippen LogP contribution in [0.25, 0.3) is 0 Å². The van der Waals surface area contributed by atoms with E-state index >= 15 is 0 Å². The lowest BCUT2D eigenvalue weighted by atomic mass is 9.96. The van der Waals surface area contributed by atoms with Crippen LogP contribution < -0.4 is 0 Å². The summed E-state index contributed by atoms with van der Waals surface area (Å²) >= 11 is 0. The second kappa shape index (κ2) is 12.1. The topological polar surface area (TPSA) is 58.6 Å². The smallest absolute Gasteiger partial charge is 0.184 e. The number of hydrogen-bond acceptors (Lipinski definition) is 7. The van der Waals surface area contributed by atoms with Crippen LogP contribution in [0.5, 0.6) is 0 Å². The number of benzene rings is 3. The van der Waals surface area contributed by atoms with Crippen LogP contribution in [0.2, 0.25) is 0 Å². The van der Waals surface area contributed by atoms with Gasteiger partial charge in [0.15, 0.2) is 12.5 Å². The number of likely N-dealkylation sites (N-methyl/N-ethyl adjacent to an activating group) is 1. The summed E-state index contributed by atoms with van der Waals surface area (Å²) in [6.45, 7) is 1.20. The van der Waals surface area contributed by atoms with E-state index in [1.54, 1.807) is 12.2 Å². The predicted molar refractivity (Wildman–Crippen MR) is 133 cm³/mol. The van der Waals surface area contributed by atoms with Crippen molar-refractivity contribution >= 4 is 0 Å². The van der Waals surface area contributed by atoms with Crippen LogP contribution in [0.4, 0.5) is 0 Å². The first kappa shape index (κ1) is 25.0. The minimum Gasteiger partial charge on any atom is -0.368 e. The van der Waals surface area contributed by atoms with Gasteiger partial charge in [-0.1, -0.05) is 91.0 Å². The highest BCUT2D eigenvalue weighted by Crippen LogP contribution is 2.37. The number of nitrogens with zero attached hydrogens (tertiary/aromatic N) is 1. The van der Waals surface area contributed by atoms with Crippen LogP contribution in [-0.4, -0.2) is 56.5 Å². The van der Waals surface area contributed by atoms with Gasteiger partial charge in [0.25, 0.3) is 0 Å². The minimum atomic E-state index is -0.513. The van der Waals surface area contributed by atoms with E-state index in [2.05, 4.69) is 0 Å². The van der Waals surface area contributed by atoms with E-state index in [9.17, 15) is 0 Å². The zero-order valence-electron chi connectivity index (χ0n) is 20.6. The van der Waals surface area contributed by atoms with E-state index in [0.717, 1.165) is 16.7 Å². The SMILES string of the molecule is CON(C)[C@@H]1O[C@@H]2COC(c3ccccc3)O[C@H]2[C@H](OCc2ccccc2)[C@H]1OCc1ccccc1. The van der Waals surface area contributed by atoms with Gasteiger partial charge in [-0.15, -0.1) is 0 Å². The predicted octanol–water partition coefficient (Wildman–Crippen LogP) is 4.49. The van der Waals surface area contributed by atoms with Gasteiger partial charge in [0.1, 0.15) is 24.4 Å². The van der Waals surface area contributed by atoms with Crippen LogP contribution in [0, 0.1) is 0 Å². The molecule has 3 aromatic rings. The lowest BCUT2D eigenvalue weighted by molar-refractivity contribution is -0.378. The molecule has 2 aliphatic heterocycles. The van der Waals surface area contributed by atoms with Gasteiger partial charge in [0.2, 0.25) is 0 Å². The molecule has 0 bridgehead atoms. The fourth-order valence-electron chi connectivity index (χ4n) is 4.64. The molecule has 2 fully saturated rings. The molecule has 5 rings (SSSR count). The molecule has 0 radical (unpaired) electrons. The summed E-state index contributed by atoms with van der Waals surface area (Å²) in [7, 11) is 3.44. The largest absolute Gasteiger partial charge is 0.368 e. The van der Waals surface area contributed by atoms with Crippen molar-refractivity contribution in [3.8, 4) is 0 Å². The molecule has 7 nitrogen and oxygen atoms in total. The molecule has 0 N–H and O–H groups in total. The molecule has 36 heavy (non-hydrogen) atoms. The first-order chi connectivity index (χ1) is 17.7. The summed E-state index contributed by atoms with van der Waals surface area (Å²) in [5.41, 5.74) is 3.09. The third kappa shape index (κ3) is 5.85. The Balaban J connectivity index is 1.42. The maximum Gasteiger partial charge on any atom is 0.184 e. The third-order valence-electron chi connectivity index (χ3n) is 6.59. The Bertz CT molecular complexity index is 1050. The van der Waals surface area contributed by atoms with Crippen molar-refractivity contribution in [1.29, 1.82) is 0 Å². The van der Waals surface area contributed by atoms with Gasteiger partial charge in [0.05, 0.1) is 26.9 Å². The Labute approximate surface area is 212 Å². The van der Waals surface area contributed by atoms with E-state index in [4.69, 9.17) is 28.5 Å². The van der Waals surface area contributed by atoms with Crippen LogP contribution in [-0.2, 0) is 41.7 Å². The van der Waals surface area contributed by atoms with Crippen molar-refractivity contribution in [2.75, 3.05) is 20.8 Å². The zero-order chi connectivity index (χ0) is 24.7. The Morgan fingerprint density at radius 3 is 1.89 bits per heavy atom. The Morgan fingerprint density at radius 1 is 0.750 bits per heavy atom. The fraction of sp³-hybridized carbons (Fsp3) is 0.379. The zero-order valence-corrected chi connectivity index (χ0v) is 20.6. The number of hydroxylamine groups is 2. The van der Waals surface area contributed by atoms with Crippen LogP contribution in [0.1, 0.15) is 23.0 Å². The normalized spacial score (nSPS) is 28.1. The average molecular weight is 492 g/mol. The van der Waals surface area contributed by atoms with Gasteiger partial charge < -0.3 is 23.7 Å². The van der Waals surface area contributed by atoms with Crippen molar-refractivity contribution in [2.24, 2.45) is 0 Å². The van der Waals surface area contributed by atoms with E-state index < -0.39 is 30.8 Å². The Kier molecular flexibility index (Phi) is 8.40. The molecule has 0 saturated carbocycles. The molecule has 6 atom stereocenters. The van der Waals surface area contributed by atoms with Crippen molar-refractivity contribution in [2.45, 2.75) is 50.1 Å². The van der Waals surface area contributed by atoms with Crippen molar-refractivity contribution in [3.63, 3.8) is 0 Å². The molecular formula is C29H33NO6. The van der Waals surface area contributed by atoms with E-state index in [1.165, 1.54) is 0 Å². The van der Waals surface area contributed by atoms with Crippen molar-refractivity contribution in [3.05, 3.63) is 108 Å². The molecule has 7 heteroatoms. The van der Waals surface area contributed by atoms with Crippen LogP contribution in [0.15, 0.2) is 91.0 Å². The van der Waals surface area contributed by atoms with Gasteiger partial charge in [-0.2, -0.15) is 5.06 Å². The quantitative estimate of drug-likeness (QED) is 0.409. The van der Waals surface area contributed by atoms with Gasteiger partial charge in [-0.05, 0) is 11.1 Å². The summed E-state index contributed by atoms with van der Waals surface area (Å²) in [4.78, 5) is 5.54. The summed E-state index contributed by atoms with van der Waals surface area (Å²) in [5, 5.41) is 1.66. The van der Waals surface area contributed by atoms with Gasteiger partial charge in [-0.25, -0.2) is 0 Å². The number of rotatable bonds is 9. The molecule has 0 amide bonds. The summed E-state index contributed by atoms with van der Waals surface area (Å²) in [6, 6.07) is 30.1. The third-order valence-corrected chi connectivity index (χ3v) is 6.59. The van der Waals surface area contributed by atoms with Gasteiger partial charge in [-0.3, -0.25) is 4.84 Å². The Morgan fingerprint density at radius 2 is 1.31 bits per heavy atom. The van der Waals surface area contributed by atoms with Gasteiger partial charge in [0, 0.05) is 12.6 Å². The maximum absolute atomic E-state index is 6.58. The standard InChI is InChI=1S/C29H33NO6/c1-30(31-2)28-27(33-19-22-14-8-4-9-15-22)26(32-18-21-12-6-3-7-13-21)25-24(35-28)20-34-29(36-25)23-16-10-5-11-17-23/h3-17,24-29H,18-20H2,1-2H3/t24-,25-,26+,27-,28-,29?/m1/s1. The molecule has 3 aromatic carbocycles. The molecule has 1 unspecified atom stereocenters. The fourth-order valence-corrected chi connectivity index (χ4v) is 4.64. The molecule has 2 saturated heterocycles. The van der Waals surface area contributed by atoms with E-state index in [-0.39, 0.29) is 6.10 Å². The van der Waals surface area contributed by atoms with Crippen LogP contribution in [0.3, 0.4) is 0 Å². The van der Waals surface area contributed by atoms with Crippen LogP contribution >= 0.6 is 0 Å². The van der Waals surface area contributed by atoms with Crippen molar-refractivity contribution in [1.82, 2.24) is 5.06 Å². The second-order valence-corrected chi connectivity index (χ2v) is 8.99. The molecule has 2 aliphatic rings. The number of ether oxygens (including phenoxy) is 5. The average Bonchev–Trinajstić information content (AvgIpc) is 2.95. The van der Waals surface area contributed by atoms with E-state index in [0.29, 0.717) is 19.8 Å². The Hall–Kier alpha value is -2.62. The highest BCUT2D eigenvalue weighted by molar-refractivity contribution is 5.17. The molecule has 0 spiro atoms. The molecule has 190 valence electrons. The molecule has 0 aliphatic carbocycles. The summed E-state index contributed by atoms with van der Waals surface area (Å²) < 4.78 is 32.1. The minimum absolute atomic E-state index is 0.343. The molecule has 0 aromatic heterocycles. The lowest BCUT2D eigenvalue weighted by Crippen LogP contribution is -2.66. The monoisotopic (exact) mass is 491 g/mol. The van der Waals surface area contributed by atoms with Gasteiger partial charge >= 0.3 is 0 Å². The molecule has 2 heterocycles. The first-order valence-corrected chi connectivity index (χ1v) is 12.3. The van der Waals surface area contributed by atoms with Crippen molar-refractivity contribution < 1.29 is 28.5 Å². The number of hydrogen-bond donors (Lipinski definition) is 0. The lowest BCUT2D eigenvalue weighted by Gasteiger charge is -2.50. The summed E-state index contributed by atoms with van der Waals surface area (Å²) in [6.07, 6.45) is -2.66. The molecular weight excluding hydrogens is 458 g/mol. The maximum atomic E-state index is 6.58. The second-order valence-electron chi connectivity index (χ2n) is 8.99. The summed E-state index contributed by atoms with van der Waals surface area (Å²) in [5.74, 6) is 0.